The molecule has 0 radical (unpaired) electrons. The fourth-order valence-electron chi connectivity index (χ4n) is 1.88. The molecule has 2 amide bonds. The Kier molecular flexibility index (Phi) is 6.17. The van der Waals surface area contributed by atoms with Crippen molar-refractivity contribution in [2.24, 2.45) is 0 Å². The fourth-order valence-corrected chi connectivity index (χ4v) is 2.62. The molecule has 6 heteroatoms. The van der Waals surface area contributed by atoms with Gasteiger partial charge in [0.05, 0.1) is 12.2 Å². The minimum atomic E-state index is -0.330. The lowest BCUT2D eigenvalue weighted by Gasteiger charge is -2.07. The van der Waals surface area contributed by atoms with Gasteiger partial charge >= 0.3 is 0 Å². The third-order valence-corrected chi connectivity index (χ3v) is 4.13. The zero-order valence-corrected chi connectivity index (χ0v) is 13.5. The number of nitrogens with one attached hydrogen (secondary N) is 2. The lowest BCUT2D eigenvalue weighted by molar-refractivity contribution is -0.120. The molecule has 0 aromatic heterocycles. The Labute approximate surface area is 138 Å². The second-order valence-electron chi connectivity index (χ2n) is 4.81. The molecule has 4 nitrogen and oxygen atoms in total. The van der Waals surface area contributed by atoms with E-state index in [1.165, 1.54) is 6.07 Å². The Hall–Kier alpha value is -2.34. The second kappa shape index (κ2) is 8.33. The Morgan fingerprint density at radius 1 is 1.04 bits per heavy atom. The maximum absolute atomic E-state index is 13.5. The highest BCUT2D eigenvalue weighted by atomic mass is 32.2. The van der Waals surface area contributed by atoms with Crippen molar-refractivity contribution in [3.63, 3.8) is 0 Å². The highest BCUT2D eigenvalue weighted by molar-refractivity contribution is 8.00. The normalized spacial score (nSPS) is 10.2. The maximum Gasteiger partial charge on any atom is 0.234 e. The Morgan fingerprint density at radius 2 is 1.74 bits per heavy atom. The molecular weight excluding hydrogens is 315 g/mol. The predicted octanol–water partition coefficient (Wildman–Crippen LogP) is 2.85. The van der Waals surface area contributed by atoms with E-state index in [9.17, 15) is 14.0 Å². The van der Waals surface area contributed by atoms with Gasteiger partial charge in [-0.1, -0.05) is 24.3 Å². The van der Waals surface area contributed by atoms with E-state index in [0.717, 1.165) is 17.3 Å². The van der Waals surface area contributed by atoms with E-state index in [2.05, 4.69) is 10.6 Å². The number of hydrogen-bond donors (Lipinski definition) is 2. The van der Waals surface area contributed by atoms with Crippen molar-refractivity contribution in [1.29, 1.82) is 0 Å². The van der Waals surface area contributed by atoms with Gasteiger partial charge in [-0.25, -0.2) is 4.39 Å². The maximum atomic E-state index is 13.5. The average Bonchev–Trinajstić information content (AvgIpc) is 2.56. The molecule has 0 aliphatic heterocycles. The molecule has 0 bridgehead atoms. The van der Waals surface area contributed by atoms with Gasteiger partial charge in [-0.05, 0) is 29.8 Å². The summed E-state index contributed by atoms with van der Waals surface area (Å²) >= 11 is 1.15. The zero-order chi connectivity index (χ0) is 16.7. The minimum Gasteiger partial charge on any atom is -0.359 e. The van der Waals surface area contributed by atoms with Crippen LogP contribution in [-0.4, -0.2) is 24.6 Å². The van der Waals surface area contributed by atoms with Crippen LogP contribution in [-0.2, 0) is 16.0 Å². The third kappa shape index (κ3) is 5.41. The van der Waals surface area contributed by atoms with E-state index in [1.807, 2.05) is 0 Å². The molecule has 120 valence electrons. The van der Waals surface area contributed by atoms with E-state index in [4.69, 9.17) is 0 Å². The first-order valence-electron chi connectivity index (χ1n) is 7.05. The number of amides is 2. The lowest BCUT2D eigenvalue weighted by atomic mass is 10.1. The van der Waals surface area contributed by atoms with Crippen molar-refractivity contribution < 1.29 is 14.0 Å². The van der Waals surface area contributed by atoms with Crippen molar-refractivity contribution in [2.75, 3.05) is 18.1 Å². The molecule has 0 saturated carbocycles. The van der Waals surface area contributed by atoms with Crippen molar-refractivity contribution in [3.05, 3.63) is 59.9 Å². The molecule has 0 unspecified atom stereocenters. The highest BCUT2D eigenvalue weighted by Crippen LogP contribution is 2.21. The van der Waals surface area contributed by atoms with E-state index in [1.54, 1.807) is 49.5 Å². The molecule has 2 aromatic carbocycles. The zero-order valence-electron chi connectivity index (χ0n) is 12.6. The Bertz CT molecular complexity index is 689. The fraction of sp³-hybridized carbons (Fsp3) is 0.176. The molecule has 0 heterocycles. The van der Waals surface area contributed by atoms with Crippen LogP contribution in [0.1, 0.15) is 5.56 Å². The van der Waals surface area contributed by atoms with Crippen LogP contribution in [0.5, 0.6) is 0 Å². The summed E-state index contributed by atoms with van der Waals surface area (Å²) in [5.41, 5.74) is 1.51. The smallest absolute Gasteiger partial charge is 0.234 e. The summed E-state index contributed by atoms with van der Waals surface area (Å²) in [6.07, 6.45) is 0.299. The van der Waals surface area contributed by atoms with Crippen LogP contribution >= 0.6 is 11.8 Å². The average molecular weight is 332 g/mol. The minimum absolute atomic E-state index is 0.0666. The van der Waals surface area contributed by atoms with Crippen LogP contribution in [0.3, 0.4) is 0 Å². The Morgan fingerprint density at radius 3 is 2.39 bits per heavy atom. The van der Waals surface area contributed by atoms with Crippen LogP contribution in [0.15, 0.2) is 53.4 Å². The first-order valence-corrected chi connectivity index (χ1v) is 8.04. The molecule has 0 fully saturated rings. The number of likely N-dealkylation sites (N-methyl/N-ethyl adjacent to an activating group) is 1. The van der Waals surface area contributed by atoms with E-state index in [-0.39, 0.29) is 23.4 Å². The van der Waals surface area contributed by atoms with Crippen molar-refractivity contribution >= 4 is 29.3 Å². The van der Waals surface area contributed by atoms with Crippen LogP contribution in [0.2, 0.25) is 0 Å². The first kappa shape index (κ1) is 17.0. The molecular formula is C17H17FN2O2S. The second-order valence-corrected chi connectivity index (χ2v) is 5.83. The topological polar surface area (TPSA) is 58.2 Å². The molecule has 23 heavy (non-hydrogen) atoms. The Balaban J connectivity index is 1.85. The van der Waals surface area contributed by atoms with E-state index < -0.39 is 0 Å². The molecule has 0 aliphatic rings. The monoisotopic (exact) mass is 332 g/mol. The van der Waals surface area contributed by atoms with Crippen LogP contribution < -0.4 is 10.6 Å². The molecule has 2 N–H and O–H groups in total. The molecule has 2 aromatic rings. The number of thioether (sulfide) groups is 1. The van der Waals surface area contributed by atoms with Crippen molar-refractivity contribution in [1.82, 2.24) is 5.32 Å². The van der Waals surface area contributed by atoms with Gasteiger partial charge in [0.1, 0.15) is 5.82 Å². The lowest BCUT2D eigenvalue weighted by Crippen LogP contribution is -2.20. The van der Waals surface area contributed by atoms with Gasteiger partial charge in [-0.2, -0.15) is 0 Å². The first-order chi connectivity index (χ1) is 11.1. The quantitative estimate of drug-likeness (QED) is 0.800. The molecule has 0 atom stereocenters. The van der Waals surface area contributed by atoms with Crippen LogP contribution in [0.4, 0.5) is 10.1 Å². The summed E-state index contributed by atoms with van der Waals surface area (Å²) < 4.78 is 13.5. The summed E-state index contributed by atoms with van der Waals surface area (Å²) in [5, 5.41) is 5.30. The number of halogens is 1. The van der Waals surface area contributed by atoms with Crippen molar-refractivity contribution in [3.8, 4) is 0 Å². The number of carbonyl (C=O) groups is 2. The van der Waals surface area contributed by atoms with Gasteiger partial charge in [-0.15, -0.1) is 11.8 Å². The highest BCUT2D eigenvalue weighted by Gasteiger charge is 2.07. The van der Waals surface area contributed by atoms with Gasteiger partial charge in [-0.3, -0.25) is 9.59 Å². The van der Waals surface area contributed by atoms with Crippen LogP contribution in [0, 0.1) is 5.82 Å². The van der Waals surface area contributed by atoms with Crippen molar-refractivity contribution in [2.45, 2.75) is 11.3 Å². The molecule has 0 saturated heterocycles. The van der Waals surface area contributed by atoms with Gasteiger partial charge < -0.3 is 10.6 Å². The summed E-state index contributed by atoms with van der Waals surface area (Å²) in [6, 6.07) is 13.4. The van der Waals surface area contributed by atoms with E-state index >= 15 is 0 Å². The standard InChI is InChI=1S/C17H17FN2O2S/c1-19-16(21)10-12-6-8-13(9-7-12)20-17(22)11-23-15-5-3-2-4-14(15)18/h2-9H,10-11H2,1H3,(H,19,21)(H,20,22). The summed E-state index contributed by atoms with van der Waals surface area (Å²) in [7, 11) is 1.59. The van der Waals surface area contributed by atoms with E-state index in [0.29, 0.717) is 17.0 Å². The molecule has 2 rings (SSSR count). The van der Waals surface area contributed by atoms with Gasteiger partial charge in [0.2, 0.25) is 11.8 Å². The molecule has 0 spiro atoms. The number of hydrogen-bond acceptors (Lipinski definition) is 3. The summed E-state index contributed by atoms with van der Waals surface area (Å²) in [5.74, 6) is -0.481. The number of benzene rings is 2. The number of anilines is 1. The van der Waals surface area contributed by atoms with Gasteiger partial charge in [0, 0.05) is 17.6 Å². The largest absolute Gasteiger partial charge is 0.359 e. The van der Waals surface area contributed by atoms with Gasteiger partial charge in [0.15, 0.2) is 0 Å². The number of carbonyl (C=O) groups excluding carboxylic acids is 2. The van der Waals surface area contributed by atoms with Crippen LogP contribution in [0.25, 0.3) is 0 Å². The SMILES string of the molecule is CNC(=O)Cc1ccc(NC(=O)CSc2ccccc2F)cc1. The summed E-state index contributed by atoms with van der Waals surface area (Å²) in [6.45, 7) is 0. The van der Waals surface area contributed by atoms with Gasteiger partial charge in [0.25, 0.3) is 0 Å². The number of rotatable bonds is 6. The summed E-state index contributed by atoms with van der Waals surface area (Å²) in [4.78, 5) is 23.6. The molecule has 0 aliphatic carbocycles. The third-order valence-electron chi connectivity index (χ3n) is 3.08. The predicted molar refractivity (Wildman–Crippen MR) is 90.0 cm³/mol.